The molecule has 3 aromatic rings. The number of nitrogens with zero attached hydrogens (tertiary/aromatic N) is 3. The lowest BCUT2D eigenvalue weighted by Gasteiger charge is -2.19. The van der Waals surface area contributed by atoms with Crippen LogP contribution in [0.5, 0.6) is 0 Å². The number of piperidine rings is 1. The van der Waals surface area contributed by atoms with Crippen LogP contribution in [0.3, 0.4) is 0 Å². The molecule has 2 aliphatic heterocycles. The van der Waals surface area contributed by atoms with E-state index in [9.17, 15) is 14.4 Å². The van der Waals surface area contributed by atoms with Crippen LogP contribution in [-0.4, -0.2) is 45.7 Å². The predicted molar refractivity (Wildman–Crippen MR) is 139 cm³/mol. The van der Waals surface area contributed by atoms with Gasteiger partial charge in [0.1, 0.15) is 5.15 Å². The van der Waals surface area contributed by atoms with Crippen LogP contribution >= 0.6 is 22.9 Å². The summed E-state index contributed by atoms with van der Waals surface area (Å²) >= 11 is 7.85. The molecule has 1 aliphatic carbocycles. The van der Waals surface area contributed by atoms with Crippen molar-refractivity contribution in [3.05, 3.63) is 40.1 Å². The van der Waals surface area contributed by atoms with Gasteiger partial charge in [0.2, 0.25) is 17.7 Å². The largest absolute Gasteiger partial charge is 0.324 e. The summed E-state index contributed by atoms with van der Waals surface area (Å²) < 4.78 is 0.900. The third kappa shape index (κ3) is 3.64. The standard InChI is InChI=1S/C26H26ClN5O3S/c1-12-21(31-23(33)13-4-6-28-10-13)16(9-18(27)30-12)15-5-7-29-17-8-14(36-22(15)17)11-32-24(34)19-20(25(32)35)26(19,2)3/h5,7-9,13,19-20,28H,4,6,10-11H2,1-3H3,(H,31,33)/t13-,19?,20?/m1/s1. The molecule has 3 aromatic heterocycles. The zero-order chi connectivity index (χ0) is 25.4. The number of carbonyl (C=O) groups excluding carboxylic acids is 3. The van der Waals surface area contributed by atoms with Gasteiger partial charge < -0.3 is 10.6 Å². The van der Waals surface area contributed by atoms with E-state index >= 15 is 0 Å². The maximum absolute atomic E-state index is 12.9. The molecule has 36 heavy (non-hydrogen) atoms. The molecule has 0 spiro atoms. The monoisotopic (exact) mass is 523 g/mol. The highest BCUT2D eigenvalue weighted by Crippen LogP contribution is 2.63. The average Bonchev–Trinajstić information content (AvgIpc) is 3.31. The molecular formula is C26H26ClN5O3S. The Labute approximate surface area is 217 Å². The number of likely N-dealkylation sites (tertiary alicyclic amines) is 1. The van der Waals surface area contributed by atoms with E-state index in [1.807, 2.05) is 32.9 Å². The minimum Gasteiger partial charge on any atom is -0.324 e. The van der Waals surface area contributed by atoms with E-state index in [1.54, 1.807) is 12.3 Å². The van der Waals surface area contributed by atoms with Gasteiger partial charge in [-0.15, -0.1) is 11.3 Å². The highest BCUT2D eigenvalue weighted by molar-refractivity contribution is 7.19. The number of aryl methyl sites for hydroxylation is 1. The van der Waals surface area contributed by atoms with E-state index in [-0.39, 0.29) is 47.4 Å². The number of halogens is 1. The zero-order valence-electron chi connectivity index (χ0n) is 20.2. The molecule has 3 fully saturated rings. The lowest BCUT2D eigenvalue weighted by molar-refractivity contribution is -0.143. The van der Waals surface area contributed by atoms with Crippen LogP contribution in [0.15, 0.2) is 24.4 Å². The summed E-state index contributed by atoms with van der Waals surface area (Å²) in [4.78, 5) is 49.8. The van der Waals surface area contributed by atoms with Gasteiger partial charge in [-0.05, 0) is 43.5 Å². The Bertz CT molecular complexity index is 1420. The van der Waals surface area contributed by atoms with Crippen molar-refractivity contribution in [2.45, 2.75) is 33.7 Å². The van der Waals surface area contributed by atoms with E-state index < -0.39 is 0 Å². The average molecular weight is 524 g/mol. The van der Waals surface area contributed by atoms with Crippen LogP contribution in [0.4, 0.5) is 5.69 Å². The van der Waals surface area contributed by atoms with E-state index in [0.717, 1.165) is 39.2 Å². The second kappa shape index (κ2) is 8.33. The Balaban J connectivity index is 1.35. The summed E-state index contributed by atoms with van der Waals surface area (Å²) in [6.07, 6.45) is 2.51. The first-order valence-corrected chi connectivity index (χ1v) is 13.3. The molecule has 2 saturated heterocycles. The maximum atomic E-state index is 12.9. The van der Waals surface area contributed by atoms with Crippen LogP contribution in [0, 0.1) is 30.1 Å². The van der Waals surface area contributed by atoms with Crippen molar-refractivity contribution in [1.29, 1.82) is 0 Å². The minimum atomic E-state index is -0.229. The lowest BCUT2D eigenvalue weighted by atomic mass is 10.0. The Hall–Kier alpha value is -2.88. The summed E-state index contributed by atoms with van der Waals surface area (Å²) in [5, 5.41) is 6.65. The summed E-state index contributed by atoms with van der Waals surface area (Å²) in [6, 6.07) is 5.58. The fourth-order valence-electron chi connectivity index (χ4n) is 5.70. The van der Waals surface area contributed by atoms with Crippen LogP contribution in [0.25, 0.3) is 21.3 Å². The van der Waals surface area contributed by atoms with Crippen LogP contribution in [0.1, 0.15) is 30.8 Å². The molecule has 5 heterocycles. The molecule has 3 aliphatic rings. The Morgan fingerprint density at radius 3 is 2.69 bits per heavy atom. The second-order valence-electron chi connectivity index (χ2n) is 10.5. The van der Waals surface area contributed by atoms with Crippen molar-refractivity contribution in [3.8, 4) is 11.1 Å². The van der Waals surface area contributed by atoms with E-state index in [0.29, 0.717) is 23.1 Å². The number of hydrogen-bond acceptors (Lipinski definition) is 7. The van der Waals surface area contributed by atoms with Gasteiger partial charge in [0.15, 0.2) is 0 Å². The Morgan fingerprint density at radius 2 is 2.00 bits per heavy atom. The molecular weight excluding hydrogens is 498 g/mol. The smallest absolute Gasteiger partial charge is 0.234 e. The first-order chi connectivity index (χ1) is 17.2. The van der Waals surface area contributed by atoms with Crippen molar-refractivity contribution in [1.82, 2.24) is 20.2 Å². The second-order valence-corrected chi connectivity index (χ2v) is 12.0. The lowest BCUT2D eigenvalue weighted by Crippen LogP contribution is -2.35. The van der Waals surface area contributed by atoms with Gasteiger partial charge in [-0.25, -0.2) is 4.98 Å². The van der Waals surface area contributed by atoms with Gasteiger partial charge in [-0.3, -0.25) is 24.3 Å². The quantitative estimate of drug-likeness (QED) is 0.387. The van der Waals surface area contributed by atoms with E-state index in [2.05, 4.69) is 20.6 Å². The molecule has 0 radical (unpaired) electrons. The normalized spacial score (nSPS) is 24.4. The van der Waals surface area contributed by atoms with Gasteiger partial charge in [0.05, 0.1) is 45.9 Å². The van der Waals surface area contributed by atoms with Crippen molar-refractivity contribution in [2.24, 2.45) is 23.2 Å². The molecule has 0 bridgehead atoms. The molecule has 3 amide bonds. The minimum absolute atomic E-state index is 0.0433. The molecule has 186 valence electrons. The number of nitrogens with one attached hydrogen (secondary N) is 2. The topological polar surface area (TPSA) is 104 Å². The summed E-state index contributed by atoms with van der Waals surface area (Å²) in [5.41, 5.74) is 3.43. The van der Waals surface area contributed by atoms with Gasteiger partial charge in [-0.2, -0.15) is 0 Å². The van der Waals surface area contributed by atoms with Crippen LogP contribution < -0.4 is 10.6 Å². The molecule has 2 unspecified atom stereocenters. The third-order valence-electron chi connectivity index (χ3n) is 7.81. The number of amides is 3. The number of fused-ring (bicyclic) bond motifs is 2. The highest BCUT2D eigenvalue weighted by atomic mass is 35.5. The summed E-state index contributed by atoms with van der Waals surface area (Å²) in [7, 11) is 0. The third-order valence-corrected chi connectivity index (χ3v) is 9.14. The number of anilines is 1. The molecule has 0 aromatic carbocycles. The van der Waals surface area contributed by atoms with Crippen molar-refractivity contribution >= 4 is 56.6 Å². The van der Waals surface area contributed by atoms with Crippen LogP contribution in [0.2, 0.25) is 5.15 Å². The molecule has 1 saturated carbocycles. The molecule has 3 atom stereocenters. The van der Waals surface area contributed by atoms with E-state index in [4.69, 9.17) is 11.6 Å². The number of rotatable bonds is 5. The number of carbonyl (C=O) groups is 3. The fourth-order valence-corrected chi connectivity index (χ4v) is 7.07. The van der Waals surface area contributed by atoms with Gasteiger partial charge in [0, 0.05) is 28.7 Å². The SMILES string of the molecule is Cc1nc(Cl)cc(-c2ccnc3cc(CN4C(=O)C5C(C4=O)C5(C)C)sc23)c1NC(=O)[C@@H]1CCNC1. The van der Waals surface area contributed by atoms with Crippen molar-refractivity contribution in [2.75, 3.05) is 18.4 Å². The van der Waals surface area contributed by atoms with Gasteiger partial charge in [0.25, 0.3) is 0 Å². The Kier molecular flexibility index (Phi) is 5.44. The number of pyridine rings is 2. The number of imide groups is 1. The number of thiophene rings is 1. The molecule has 2 N–H and O–H groups in total. The first kappa shape index (κ1) is 23.5. The van der Waals surface area contributed by atoms with Gasteiger partial charge in [-0.1, -0.05) is 25.4 Å². The maximum Gasteiger partial charge on any atom is 0.234 e. The zero-order valence-corrected chi connectivity index (χ0v) is 21.8. The molecule has 8 nitrogen and oxygen atoms in total. The highest BCUT2D eigenvalue weighted by Gasteiger charge is 2.72. The number of aromatic nitrogens is 2. The number of hydrogen-bond donors (Lipinski definition) is 2. The van der Waals surface area contributed by atoms with Crippen LogP contribution in [-0.2, 0) is 20.9 Å². The Morgan fingerprint density at radius 1 is 1.25 bits per heavy atom. The fraction of sp³-hybridized carbons (Fsp3) is 0.423. The van der Waals surface area contributed by atoms with Crippen molar-refractivity contribution < 1.29 is 14.4 Å². The molecule has 6 rings (SSSR count). The summed E-state index contributed by atoms with van der Waals surface area (Å²) in [5.74, 6) is -0.691. The summed E-state index contributed by atoms with van der Waals surface area (Å²) in [6.45, 7) is 7.51. The van der Waals surface area contributed by atoms with Crippen molar-refractivity contribution in [3.63, 3.8) is 0 Å². The first-order valence-electron chi connectivity index (χ1n) is 12.1. The van der Waals surface area contributed by atoms with E-state index in [1.165, 1.54) is 16.2 Å². The predicted octanol–water partition coefficient (Wildman–Crippen LogP) is 4.01. The van der Waals surface area contributed by atoms with Gasteiger partial charge >= 0.3 is 0 Å². The molecule has 10 heteroatoms.